The highest BCUT2D eigenvalue weighted by Crippen LogP contribution is 2.22. The Bertz CT molecular complexity index is 162. The first kappa shape index (κ1) is 9.85. The highest BCUT2D eigenvalue weighted by Gasteiger charge is 2.47. The number of hydrogen-bond donors (Lipinski definition) is 5. The van der Waals surface area contributed by atoms with Crippen LogP contribution in [-0.4, -0.2) is 62.8 Å². The minimum absolute atomic E-state index is 0.324. The van der Waals surface area contributed by atoms with Crippen molar-refractivity contribution in [2.75, 3.05) is 13.2 Å². The standard InChI is InChI=1S/C6H12O6/c7-2-6(11)5(10)4(9)3(8)1-12-6/h3-5,7-11H,1-2H2/t3-,4-,5?,6+/m0/s1. The molecule has 1 heterocycles. The summed E-state index contributed by atoms with van der Waals surface area (Å²) in [6.07, 6.45) is -4.45. The topological polar surface area (TPSA) is 110 Å². The highest BCUT2D eigenvalue weighted by atomic mass is 16.7. The van der Waals surface area contributed by atoms with E-state index in [0.29, 0.717) is 0 Å². The monoisotopic (exact) mass is 180 g/mol. The molecular formula is C6H12O6. The molecule has 0 aromatic rings. The molecular weight excluding hydrogens is 168 g/mol. The molecule has 0 radical (unpaired) electrons. The molecule has 0 saturated carbocycles. The van der Waals surface area contributed by atoms with Crippen molar-refractivity contribution < 1.29 is 30.3 Å². The van der Waals surface area contributed by atoms with Gasteiger partial charge in [-0.2, -0.15) is 0 Å². The Kier molecular flexibility index (Phi) is 2.67. The summed E-state index contributed by atoms with van der Waals surface area (Å²) in [6, 6.07) is 0. The molecule has 6 heteroatoms. The third-order valence-corrected chi connectivity index (χ3v) is 1.91. The Morgan fingerprint density at radius 1 is 1.33 bits per heavy atom. The van der Waals surface area contributed by atoms with Crippen molar-refractivity contribution in [1.82, 2.24) is 0 Å². The molecule has 0 aromatic heterocycles. The molecule has 0 bridgehead atoms. The van der Waals surface area contributed by atoms with Crippen LogP contribution in [0.1, 0.15) is 0 Å². The summed E-state index contributed by atoms with van der Waals surface area (Å²) in [6.45, 7) is -1.16. The van der Waals surface area contributed by atoms with Crippen LogP contribution in [0.2, 0.25) is 0 Å². The van der Waals surface area contributed by atoms with E-state index >= 15 is 0 Å². The van der Waals surface area contributed by atoms with Crippen molar-refractivity contribution in [3.63, 3.8) is 0 Å². The van der Waals surface area contributed by atoms with E-state index < -0.39 is 30.7 Å². The normalized spacial score (nSPS) is 49.2. The van der Waals surface area contributed by atoms with Gasteiger partial charge in [-0.25, -0.2) is 0 Å². The van der Waals surface area contributed by atoms with Gasteiger partial charge in [0.05, 0.1) is 13.2 Å². The van der Waals surface area contributed by atoms with E-state index in [-0.39, 0.29) is 6.61 Å². The van der Waals surface area contributed by atoms with Gasteiger partial charge in [0.1, 0.15) is 18.3 Å². The van der Waals surface area contributed by atoms with Gasteiger partial charge in [-0.15, -0.1) is 0 Å². The Morgan fingerprint density at radius 2 is 1.92 bits per heavy atom. The second-order valence-electron chi connectivity index (χ2n) is 2.82. The van der Waals surface area contributed by atoms with Crippen LogP contribution >= 0.6 is 0 Å². The van der Waals surface area contributed by atoms with Crippen LogP contribution in [0.5, 0.6) is 0 Å². The third kappa shape index (κ3) is 1.45. The van der Waals surface area contributed by atoms with Crippen molar-refractivity contribution >= 4 is 0 Å². The highest BCUT2D eigenvalue weighted by molar-refractivity contribution is 4.90. The lowest BCUT2D eigenvalue weighted by Crippen LogP contribution is -2.62. The summed E-state index contributed by atoms with van der Waals surface area (Å²) in [4.78, 5) is 0. The number of rotatable bonds is 1. The molecule has 72 valence electrons. The first-order chi connectivity index (χ1) is 5.51. The number of aliphatic hydroxyl groups excluding tert-OH is 4. The molecule has 6 nitrogen and oxygen atoms in total. The van der Waals surface area contributed by atoms with Crippen LogP contribution in [-0.2, 0) is 4.74 Å². The molecule has 0 aromatic carbocycles. The lowest BCUT2D eigenvalue weighted by molar-refractivity contribution is -0.331. The fraction of sp³-hybridized carbons (Fsp3) is 1.00. The smallest absolute Gasteiger partial charge is 0.218 e. The van der Waals surface area contributed by atoms with Crippen LogP contribution in [0.3, 0.4) is 0 Å². The summed E-state index contributed by atoms with van der Waals surface area (Å²) in [5, 5.41) is 45.0. The maximum absolute atomic E-state index is 9.24. The quantitative estimate of drug-likeness (QED) is 0.290. The predicted octanol–water partition coefficient (Wildman–Crippen LogP) is -3.22. The fourth-order valence-corrected chi connectivity index (χ4v) is 1.03. The Morgan fingerprint density at radius 3 is 2.42 bits per heavy atom. The minimum atomic E-state index is -2.17. The number of hydrogen-bond acceptors (Lipinski definition) is 6. The van der Waals surface area contributed by atoms with Gasteiger partial charge < -0.3 is 30.3 Å². The molecule has 1 fully saturated rings. The lowest BCUT2D eigenvalue weighted by Gasteiger charge is -2.40. The zero-order valence-electron chi connectivity index (χ0n) is 6.29. The largest absolute Gasteiger partial charge is 0.391 e. The zero-order chi connectivity index (χ0) is 9.35. The van der Waals surface area contributed by atoms with Crippen molar-refractivity contribution in [2.24, 2.45) is 0 Å². The molecule has 0 aliphatic carbocycles. The van der Waals surface area contributed by atoms with E-state index in [1.165, 1.54) is 0 Å². The maximum Gasteiger partial charge on any atom is 0.218 e. The van der Waals surface area contributed by atoms with Gasteiger partial charge in [-0.3, -0.25) is 0 Å². The molecule has 0 amide bonds. The molecule has 1 rings (SSSR count). The molecule has 1 unspecified atom stereocenters. The third-order valence-electron chi connectivity index (χ3n) is 1.91. The van der Waals surface area contributed by atoms with Crippen molar-refractivity contribution in [3.05, 3.63) is 0 Å². The van der Waals surface area contributed by atoms with Gasteiger partial charge in [-0.1, -0.05) is 0 Å². The fourth-order valence-electron chi connectivity index (χ4n) is 1.03. The SMILES string of the molecule is OC[C@@]1(O)OC[C@H](O)[C@H](O)C1O. The van der Waals surface area contributed by atoms with Crippen LogP contribution in [0, 0.1) is 0 Å². The van der Waals surface area contributed by atoms with E-state index in [9.17, 15) is 5.11 Å². The number of ether oxygens (including phenoxy) is 1. The maximum atomic E-state index is 9.24. The van der Waals surface area contributed by atoms with Crippen molar-refractivity contribution in [2.45, 2.75) is 24.1 Å². The van der Waals surface area contributed by atoms with Gasteiger partial charge in [0, 0.05) is 0 Å². The molecule has 1 aliphatic rings. The Hall–Kier alpha value is -0.240. The second kappa shape index (κ2) is 3.25. The van der Waals surface area contributed by atoms with Gasteiger partial charge >= 0.3 is 0 Å². The summed E-state index contributed by atoms with van der Waals surface area (Å²) in [5.74, 6) is -2.17. The Balaban J connectivity index is 2.71. The first-order valence-corrected chi connectivity index (χ1v) is 3.52. The Labute approximate surface area is 68.6 Å². The zero-order valence-corrected chi connectivity index (χ0v) is 6.29. The summed E-state index contributed by atoms with van der Waals surface area (Å²) in [7, 11) is 0. The van der Waals surface area contributed by atoms with E-state index in [2.05, 4.69) is 4.74 Å². The van der Waals surface area contributed by atoms with Gasteiger partial charge in [-0.05, 0) is 0 Å². The molecule has 12 heavy (non-hydrogen) atoms. The first-order valence-electron chi connectivity index (χ1n) is 3.52. The lowest BCUT2D eigenvalue weighted by atomic mass is 9.98. The predicted molar refractivity (Wildman–Crippen MR) is 36.0 cm³/mol. The van der Waals surface area contributed by atoms with E-state index in [0.717, 1.165) is 0 Å². The van der Waals surface area contributed by atoms with E-state index in [4.69, 9.17) is 20.4 Å². The summed E-state index contributed by atoms with van der Waals surface area (Å²) < 4.78 is 4.56. The van der Waals surface area contributed by atoms with Crippen LogP contribution in [0.15, 0.2) is 0 Å². The van der Waals surface area contributed by atoms with Crippen LogP contribution in [0.25, 0.3) is 0 Å². The van der Waals surface area contributed by atoms with Crippen molar-refractivity contribution in [3.8, 4) is 0 Å². The average Bonchev–Trinajstić information content (AvgIpc) is 2.09. The van der Waals surface area contributed by atoms with Gasteiger partial charge in [0.25, 0.3) is 0 Å². The average molecular weight is 180 g/mol. The number of aliphatic hydroxyl groups is 5. The molecule has 1 aliphatic heterocycles. The van der Waals surface area contributed by atoms with Crippen molar-refractivity contribution in [1.29, 1.82) is 0 Å². The molecule has 1 saturated heterocycles. The molecule has 0 spiro atoms. The minimum Gasteiger partial charge on any atom is -0.391 e. The second-order valence-corrected chi connectivity index (χ2v) is 2.82. The molecule has 4 atom stereocenters. The molecule has 5 N–H and O–H groups in total. The van der Waals surface area contributed by atoms with Crippen LogP contribution in [0.4, 0.5) is 0 Å². The van der Waals surface area contributed by atoms with Crippen LogP contribution < -0.4 is 0 Å². The summed E-state index contributed by atoms with van der Waals surface area (Å²) >= 11 is 0. The van der Waals surface area contributed by atoms with Gasteiger partial charge in [0.15, 0.2) is 0 Å². The van der Waals surface area contributed by atoms with Gasteiger partial charge in [0.2, 0.25) is 5.79 Å². The van der Waals surface area contributed by atoms with E-state index in [1.807, 2.05) is 0 Å². The summed E-state index contributed by atoms with van der Waals surface area (Å²) in [5.41, 5.74) is 0. The van der Waals surface area contributed by atoms with E-state index in [1.54, 1.807) is 0 Å².